The highest BCUT2D eigenvalue weighted by molar-refractivity contribution is 7.15. The zero-order valence-electron chi connectivity index (χ0n) is 17.7. The van der Waals surface area contributed by atoms with E-state index in [1.807, 2.05) is 18.7 Å². The summed E-state index contributed by atoms with van der Waals surface area (Å²) >= 11 is 1.74. The van der Waals surface area contributed by atoms with Crippen LogP contribution in [0, 0.1) is 11.8 Å². The molecule has 1 aromatic rings. The molecule has 2 heterocycles. The molecule has 0 spiro atoms. The Bertz CT molecular complexity index is 691. The number of piperazine rings is 1. The van der Waals surface area contributed by atoms with Crippen molar-refractivity contribution >= 4 is 28.3 Å². The second kappa shape index (κ2) is 9.25. The largest absolute Gasteiger partial charge is 0.353 e. The van der Waals surface area contributed by atoms with Gasteiger partial charge < -0.3 is 15.1 Å². The van der Waals surface area contributed by atoms with Crippen LogP contribution in [0.25, 0.3) is 0 Å². The Labute approximate surface area is 172 Å². The molecule has 0 bridgehead atoms. The van der Waals surface area contributed by atoms with Crippen molar-refractivity contribution < 1.29 is 9.59 Å². The van der Waals surface area contributed by atoms with E-state index >= 15 is 0 Å². The number of rotatable bonds is 6. The van der Waals surface area contributed by atoms with Crippen LogP contribution in [0.4, 0.5) is 5.13 Å². The molecule has 0 saturated carbocycles. The van der Waals surface area contributed by atoms with Crippen LogP contribution in [0.2, 0.25) is 0 Å². The molecule has 1 fully saturated rings. The molecule has 3 rings (SSSR count). The number of hydrogen-bond acceptors (Lipinski definition) is 5. The number of carbonyl (C=O) groups excluding carboxylic acids is 2. The average Bonchev–Trinajstić information content (AvgIpc) is 3.14. The van der Waals surface area contributed by atoms with Gasteiger partial charge in [0, 0.05) is 48.9 Å². The molecule has 0 radical (unpaired) electrons. The van der Waals surface area contributed by atoms with E-state index in [4.69, 9.17) is 4.98 Å². The lowest BCUT2D eigenvalue weighted by atomic mass is 9.90. The second-order valence-electron chi connectivity index (χ2n) is 8.30. The van der Waals surface area contributed by atoms with Crippen molar-refractivity contribution in [1.82, 2.24) is 15.2 Å². The third kappa shape index (κ3) is 4.67. The normalized spacial score (nSPS) is 19.9. The number of carbonyl (C=O) groups is 2. The first-order valence-electron chi connectivity index (χ1n) is 10.8. The van der Waals surface area contributed by atoms with Gasteiger partial charge in [-0.25, -0.2) is 4.98 Å². The summed E-state index contributed by atoms with van der Waals surface area (Å²) in [7, 11) is 0. The number of thiazole rings is 1. The maximum atomic E-state index is 12.6. The Morgan fingerprint density at radius 3 is 2.46 bits per heavy atom. The molecule has 0 aromatic carbocycles. The molecule has 156 valence electrons. The van der Waals surface area contributed by atoms with E-state index in [1.54, 1.807) is 11.3 Å². The fourth-order valence-corrected chi connectivity index (χ4v) is 5.25. The Hall–Kier alpha value is -1.63. The quantitative estimate of drug-likeness (QED) is 0.789. The molecule has 6 nitrogen and oxygen atoms in total. The molecule has 7 heteroatoms. The van der Waals surface area contributed by atoms with E-state index in [0.717, 1.165) is 63.4 Å². The highest BCUT2D eigenvalue weighted by atomic mass is 32.1. The number of fused-ring (bicyclic) bond motifs is 1. The third-order valence-corrected chi connectivity index (χ3v) is 7.17. The van der Waals surface area contributed by atoms with E-state index in [9.17, 15) is 9.59 Å². The van der Waals surface area contributed by atoms with Crippen molar-refractivity contribution in [2.24, 2.45) is 11.8 Å². The standard InChI is InChI=1S/C21H34N4O2S/c1-5-16(6-2)22-19(26)15-7-8-17-18(13-15)28-21(23-17)25-11-9-24(10-12-25)20(27)14(3)4/h14-16H,5-13H2,1-4H3,(H,22,26)/t15-/m0/s1. The van der Waals surface area contributed by atoms with Crippen LogP contribution in [0.1, 0.15) is 57.5 Å². The van der Waals surface area contributed by atoms with Crippen molar-refractivity contribution in [3.63, 3.8) is 0 Å². The van der Waals surface area contributed by atoms with Gasteiger partial charge >= 0.3 is 0 Å². The monoisotopic (exact) mass is 406 g/mol. The number of nitrogens with zero attached hydrogens (tertiary/aromatic N) is 3. The summed E-state index contributed by atoms with van der Waals surface area (Å²) < 4.78 is 0. The second-order valence-corrected chi connectivity index (χ2v) is 9.36. The highest BCUT2D eigenvalue weighted by Crippen LogP contribution is 2.34. The number of anilines is 1. The van der Waals surface area contributed by atoms with Crippen LogP contribution in [0.15, 0.2) is 0 Å². The zero-order chi connectivity index (χ0) is 20.3. The number of aromatic nitrogens is 1. The van der Waals surface area contributed by atoms with Crippen molar-refractivity contribution in [1.29, 1.82) is 0 Å². The molecule has 1 atom stereocenters. The van der Waals surface area contributed by atoms with Gasteiger partial charge in [0.2, 0.25) is 11.8 Å². The first-order chi connectivity index (χ1) is 13.4. The predicted octanol–water partition coefficient (Wildman–Crippen LogP) is 2.86. The van der Waals surface area contributed by atoms with Crippen molar-refractivity contribution in [3.05, 3.63) is 10.6 Å². The molecular formula is C21H34N4O2S. The summed E-state index contributed by atoms with van der Waals surface area (Å²) in [5.74, 6) is 0.572. The van der Waals surface area contributed by atoms with E-state index in [-0.39, 0.29) is 29.7 Å². The Morgan fingerprint density at radius 2 is 1.86 bits per heavy atom. The maximum Gasteiger partial charge on any atom is 0.225 e. The van der Waals surface area contributed by atoms with Gasteiger partial charge in [-0.05, 0) is 32.1 Å². The minimum Gasteiger partial charge on any atom is -0.353 e. The van der Waals surface area contributed by atoms with Crippen molar-refractivity contribution in [2.45, 2.75) is 65.8 Å². The van der Waals surface area contributed by atoms with Gasteiger partial charge in [0.05, 0.1) is 5.69 Å². The van der Waals surface area contributed by atoms with Gasteiger partial charge in [-0.15, -0.1) is 11.3 Å². The lowest BCUT2D eigenvalue weighted by Crippen LogP contribution is -2.49. The maximum absolute atomic E-state index is 12.6. The van der Waals surface area contributed by atoms with Gasteiger partial charge in [-0.1, -0.05) is 27.7 Å². The lowest BCUT2D eigenvalue weighted by Gasteiger charge is -2.35. The average molecular weight is 407 g/mol. The van der Waals surface area contributed by atoms with E-state index in [0.29, 0.717) is 0 Å². The van der Waals surface area contributed by atoms with Gasteiger partial charge in [-0.2, -0.15) is 0 Å². The first-order valence-corrected chi connectivity index (χ1v) is 11.6. The SMILES string of the molecule is CCC(CC)NC(=O)[C@H]1CCc2nc(N3CCN(C(=O)C(C)C)CC3)sc2C1. The lowest BCUT2D eigenvalue weighted by molar-refractivity contribution is -0.134. The molecule has 1 aliphatic heterocycles. The molecule has 0 unspecified atom stereocenters. The zero-order valence-corrected chi connectivity index (χ0v) is 18.5. The molecule has 2 amide bonds. The van der Waals surface area contributed by atoms with Crippen LogP contribution in [-0.4, -0.2) is 53.9 Å². The number of nitrogens with one attached hydrogen (secondary N) is 1. The Kier molecular flexibility index (Phi) is 6.96. The Morgan fingerprint density at radius 1 is 1.18 bits per heavy atom. The minimum atomic E-state index is 0.0572. The fraction of sp³-hybridized carbons (Fsp3) is 0.762. The third-order valence-electron chi connectivity index (χ3n) is 5.99. The van der Waals surface area contributed by atoms with Crippen molar-refractivity contribution in [3.8, 4) is 0 Å². The van der Waals surface area contributed by atoms with Gasteiger partial charge in [0.1, 0.15) is 0 Å². The fourth-order valence-electron chi connectivity index (χ4n) is 4.02. The topological polar surface area (TPSA) is 65.5 Å². The molecule has 1 aromatic heterocycles. The number of amides is 2. The van der Waals surface area contributed by atoms with E-state index in [2.05, 4.69) is 24.1 Å². The molecule has 1 saturated heterocycles. The van der Waals surface area contributed by atoms with Gasteiger partial charge in [-0.3, -0.25) is 9.59 Å². The molecule has 1 aliphatic carbocycles. The van der Waals surface area contributed by atoms with Crippen molar-refractivity contribution in [2.75, 3.05) is 31.1 Å². The Balaban J connectivity index is 1.58. The van der Waals surface area contributed by atoms with Crippen LogP contribution >= 0.6 is 11.3 Å². The summed E-state index contributed by atoms with van der Waals surface area (Å²) in [6.45, 7) is 11.4. The summed E-state index contributed by atoms with van der Waals surface area (Å²) in [4.78, 5) is 35.2. The molecule has 2 aliphatic rings. The van der Waals surface area contributed by atoms with Crippen LogP contribution in [0.5, 0.6) is 0 Å². The van der Waals surface area contributed by atoms with Crippen LogP contribution < -0.4 is 10.2 Å². The first kappa shape index (κ1) is 21.1. The predicted molar refractivity (Wildman–Crippen MR) is 114 cm³/mol. The molecule has 1 N–H and O–H groups in total. The smallest absolute Gasteiger partial charge is 0.225 e. The summed E-state index contributed by atoms with van der Waals surface area (Å²) in [5.41, 5.74) is 1.17. The van der Waals surface area contributed by atoms with E-state index in [1.165, 1.54) is 10.6 Å². The summed E-state index contributed by atoms with van der Waals surface area (Å²) in [6.07, 6.45) is 4.55. The van der Waals surface area contributed by atoms with E-state index < -0.39 is 0 Å². The minimum absolute atomic E-state index is 0.0572. The van der Waals surface area contributed by atoms with Gasteiger partial charge in [0.15, 0.2) is 5.13 Å². The summed E-state index contributed by atoms with van der Waals surface area (Å²) in [6, 6.07) is 0.288. The molecular weight excluding hydrogens is 372 g/mol. The summed E-state index contributed by atoms with van der Waals surface area (Å²) in [5, 5.41) is 4.27. The van der Waals surface area contributed by atoms with Gasteiger partial charge in [0.25, 0.3) is 0 Å². The highest BCUT2D eigenvalue weighted by Gasteiger charge is 2.30. The number of aryl methyl sites for hydroxylation is 1. The number of hydrogen-bond donors (Lipinski definition) is 1. The molecule has 28 heavy (non-hydrogen) atoms. The van der Waals surface area contributed by atoms with Crippen LogP contribution in [-0.2, 0) is 22.4 Å². The van der Waals surface area contributed by atoms with Crippen LogP contribution in [0.3, 0.4) is 0 Å².